The summed E-state index contributed by atoms with van der Waals surface area (Å²) in [7, 11) is 0. The van der Waals surface area contributed by atoms with E-state index in [-0.39, 0.29) is 11.9 Å². The fraction of sp³-hybridized carbons (Fsp3) is 0.269. The molecule has 4 rings (SSSR count). The van der Waals surface area contributed by atoms with Gasteiger partial charge in [0.05, 0.1) is 11.4 Å². The highest BCUT2D eigenvalue weighted by atomic mass is 16.4. The third-order valence-electron chi connectivity index (χ3n) is 5.90. The summed E-state index contributed by atoms with van der Waals surface area (Å²) in [5, 5.41) is 18.4. The van der Waals surface area contributed by atoms with Gasteiger partial charge < -0.3 is 21.1 Å². The van der Waals surface area contributed by atoms with E-state index < -0.39 is 12.5 Å². The van der Waals surface area contributed by atoms with Crippen molar-refractivity contribution >= 4 is 17.6 Å². The number of aromatic nitrogens is 1. The van der Waals surface area contributed by atoms with Crippen molar-refractivity contribution in [1.29, 1.82) is 0 Å². The van der Waals surface area contributed by atoms with Gasteiger partial charge in [-0.1, -0.05) is 42.5 Å². The fourth-order valence-corrected chi connectivity index (χ4v) is 4.27. The molecule has 0 aliphatic carbocycles. The van der Waals surface area contributed by atoms with E-state index in [0.29, 0.717) is 11.5 Å². The number of carbonyl (C=O) groups excluding carboxylic acids is 1. The van der Waals surface area contributed by atoms with Crippen LogP contribution in [0, 0.1) is 5.92 Å². The number of anilines is 1. The van der Waals surface area contributed by atoms with Crippen LogP contribution in [0.1, 0.15) is 33.2 Å². The van der Waals surface area contributed by atoms with Gasteiger partial charge >= 0.3 is 5.97 Å². The predicted molar refractivity (Wildman–Crippen MR) is 127 cm³/mol. The van der Waals surface area contributed by atoms with Crippen molar-refractivity contribution in [3.05, 3.63) is 95.3 Å². The normalized spacial score (nSPS) is 15.7. The zero-order chi connectivity index (χ0) is 23.0. The van der Waals surface area contributed by atoms with Gasteiger partial charge in [-0.25, -0.2) is 0 Å². The second kappa shape index (κ2) is 10.7. The van der Waals surface area contributed by atoms with Crippen molar-refractivity contribution in [2.45, 2.75) is 18.9 Å². The Morgan fingerprint density at radius 3 is 2.76 bits per heavy atom. The van der Waals surface area contributed by atoms with E-state index in [4.69, 9.17) is 5.11 Å². The van der Waals surface area contributed by atoms with Crippen LogP contribution in [0.4, 0.5) is 5.69 Å². The minimum atomic E-state index is -1.06. The number of carboxylic acid groups (broad SMARTS) is 1. The molecule has 1 aliphatic rings. The molecule has 1 amide bonds. The van der Waals surface area contributed by atoms with E-state index in [1.807, 2.05) is 36.5 Å². The van der Waals surface area contributed by atoms with Crippen LogP contribution in [0.5, 0.6) is 0 Å². The SMILES string of the molecule is O=C(O)CNC(=O)c1cccc(CCN[C@H](c2ccccc2)[C@H]2CNc3cccnc3C2)c1. The number of hydrogen-bond acceptors (Lipinski definition) is 5. The highest BCUT2D eigenvalue weighted by Gasteiger charge is 2.27. The molecule has 4 N–H and O–H groups in total. The van der Waals surface area contributed by atoms with E-state index in [1.54, 1.807) is 6.07 Å². The third-order valence-corrected chi connectivity index (χ3v) is 5.90. The zero-order valence-electron chi connectivity index (χ0n) is 18.3. The quantitative estimate of drug-likeness (QED) is 0.405. The van der Waals surface area contributed by atoms with Crippen molar-refractivity contribution in [2.75, 3.05) is 25.0 Å². The zero-order valence-corrected chi connectivity index (χ0v) is 18.3. The van der Waals surface area contributed by atoms with Gasteiger partial charge in [-0.15, -0.1) is 0 Å². The lowest BCUT2D eigenvalue weighted by Gasteiger charge is -2.33. The van der Waals surface area contributed by atoms with Crippen LogP contribution in [0.2, 0.25) is 0 Å². The molecule has 33 heavy (non-hydrogen) atoms. The average molecular weight is 445 g/mol. The van der Waals surface area contributed by atoms with Gasteiger partial charge in [0, 0.05) is 30.3 Å². The van der Waals surface area contributed by atoms with E-state index in [0.717, 1.165) is 42.9 Å². The van der Waals surface area contributed by atoms with Gasteiger partial charge in [-0.3, -0.25) is 14.6 Å². The topological polar surface area (TPSA) is 103 Å². The first-order valence-electron chi connectivity index (χ1n) is 11.1. The van der Waals surface area contributed by atoms with Gasteiger partial charge in [0.25, 0.3) is 5.91 Å². The molecule has 1 aromatic heterocycles. The lowest BCUT2D eigenvalue weighted by atomic mass is 9.86. The standard InChI is InChI=1S/C26H28N4O3/c31-24(32)17-30-26(33)20-9-4-6-18(14-20)11-13-28-25(19-7-2-1-3-8-19)21-15-23-22(29-16-21)10-5-12-27-23/h1-10,12,14,21,25,28-29H,11,13,15-17H2,(H,30,33)(H,31,32)/t21-,25-/m1/s1. The highest BCUT2D eigenvalue weighted by Crippen LogP contribution is 2.31. The first-order chi connectivity index (χ1) is 16.1. The molecule has 170 valence electrons. The summed E-state index contributed by atoms with van der Waals surface area (Å²) in [6, 6.07) is 22.0. The molecule has 0 unspecified atom stereocenters. The predicted octanol–water partition coefficient (Wildman–Crippen LogP) is 3.05. The van der Waals surface area contributed by atoms with Crippen molar-refractivity contribution in [2.24, 2.45) is 5.92 Å². The number of pyridine rings is 1. The molecule has 0 saturated carbocycles. The Morgan fingerprint density at radius 1 is 1.09 bits per heavy atom. The molecule has 0 radical (unpaired) electrons. The number of carboxylic acids is 1. The summed E-state index contributed by atoms with van der Waals surface area (Å²) >= 11 is 0. The maximum atomic E-state index is 12.2. The molecule has 0 fully saturated rings. The van der Waals surface area contributed by atoms with Crippen LogP contribution in [-0.2, 0) is 17.6 Å². The van der Waals surface area contributed by atoms with E-state index >= 15 is 0 Å². The summed E-state index contributed by atoms with van der Waals surface area (Å²) in [4.78, 5) is 27.4. The Balaban J connectivity index is 1.42. The molecule has 1 aliphatic heterocycles. The maximum absolute atomic E-state index is 12.2. The van der Waals surface area contributed by atoms with Crippen molar-refractivity contribution < 1.29 is 14.7 Å². The van der Waals surface area contributed by atoms with E-state index in [1.165, 1.54) is 5.56 Å². The Labute approximate surface area is 193 Å². The number of hydrogen-bond donors (Lipinski definition) is 4. The Morgan fingerprint density at radius 2 is 1.94 bits per heavy atom. The number of amides is 1. The monoisotopic (exact) mass is 444 g/mol. The van der Waals surface area contributed by atoms with E-state index in [2.05, 4.69) is 51.3 Å². The minimum absolute atomic E-state index is 0.163. The summed E-state index contributed by atoms with van der Waals surface area (Å²) in [5.41, 5.74) is 4.93. The average Bonchev–Trinajstić information content (AvgIpc) is 2.85. The van der Waals surface area contributed by atoms with Crippen LogP contribution in [0.25, 0.3) is 0 Å². The molecule has 2 atom stereocenters. The molecule has 0 bridgehead atoms. The Kier molecular flexibility index (Phi) is 7.32. The number of carbonyl (C=O) groups is 2. The van der Waals surface area contributed by atoms with Gasteiger partial charge in [0.1, 0.15) is 6.54 Å². The fourth-order valence-electron chi connectivity index (χ4n) is 4.27. The summed E-state index contributed by atoms with van der Waals surface area (Å²) < 4.78 is 0. The molecular formula is C26H28N4O3. The second-order valence-electron chi connectivity index (χ2n) is 8.21. The highest BCUT2D eigenvalue weighted by molar-refractivity contribution is 5.95. The molecule has 2 aromatic carbocycles. The molecule has 2 heterocycles. The van der Waals surface area contributed by atoms with Crippen LogP contribution in [-0.4, -0.2) is 41.6 Å². The number of nitrogens with one attached hydrogen (secondary N) is 3. The van der Waals surface area contributed by atoms with E-state index in [9.17, 15) is 9.59 Å². The molecule has 0 saturated heterocycles. The van der Waals surface area contributed by atoms with Gasteiger partial charge in [0.2, 0.25) is 0 Å². The molecular weight excluding hydrogens is 416 g/mol. The number of benzene rings is 2. The smallest absolute Gasteiger partial charge is 0.322 e. The number of fused-ring (bicyclic) bond motifs is 1. The van der Waals surface area contributed by atoms with Crippen LogP contribution >= 0.6 is 0 Å². The van der Waals surface area contributed by atoms with Gasteiger partial charge in [-0.2, -0.15) is 0 Å². The lowest BCUT2D eigenvalue weighted by Crippen LogP contribution is -2.37. The minimum Gasteiger partial charge on any atom is -0.480 e. The largest absolute Gasteiger partial charge is 0.480 e. The van der Waals surface area contributed by atoms with Crippen molar-refractivity contribution in [1.82, 2.24) is 15.6 Å². The summed E-state index contributed by atoms with van der Waals surface area (Å²) in [6.45, 7) is 1.21. The van der Waals surface area contributed by atoms with Crippen molar-refractivity contribution in [3.63, 3.8) is 0 Å². The lowest BCUT2D eigenvalue weighted by molar-refractivity contribution is -0.135. The summed E-state index contributed by atoms with van der Waals surface area (Å²) in [5.74, 6) is -1.09. The maximum Gasteiger partial charge on any atom is 0.322 e. The Bertz CT molecular complexity index is 1100. The number of rotatable bonds is 9. The van der Waals surface area contributed by atoms with Gasteiger partial charge in [0.15, 0.2) is 0 Å². The van der Waals surface area contributed by atoms with Gasteiger partial charge in [-0.05, 0) is 54.8 Å². The van der Waals surface area contributed by atoms with Crippen molar-refractivity contribution in [3.8, 4) is 0 Å². The third kappa shape index (κ3) is 5.96. The molecule has 3 aromatic rings. The van der Waals surface area contributed by atoms with Crippen LogP contribution < -0.4 is 16.0 Å². The molecule has 7 heteroatoms. The number of aliphatic carboxylic acids is 1. The second-order valence-corrected chi connectivity index (χ2v) is 8.21. The number of nitrogens with zero attached hydrogens (tertiary/aromatic N) is 1. The first kappa shape index (κ1) is 22.5. The van der Waals surface area contributed by atoms with Crippen LogP contribution in [0.15, 0.2) is 72.9 Å². The first-order valence-corrected chi connectivity index (χ1v) is 11.1. The molecule has 0 spiro atoms. The Hall–Kier alpha value is -3.71. The molecule has 7 nitrogen and oxygen atoms in total. The van der Waals surface area contributed by atoms with Crippen LogP contribution in [0.3, 0.4) is 0 Å². The summed E-state index contributed by atoms with van der Waals surface area (Å²) in [6.07, 6.45) is 3.49.